The lowest BCUT2D eigenvalue weighted by Gasteiger charge is -2.44. The normalized spacial score (nSPS) is 20.7. The van der Waals surface area contributed by atoms with Gasteiger partial charge in [-0.1, -0.05) is 44.2 Å². The number of aliphatic carboxylic acids is 1. The van der Waals surface area contributed by atoms with Crippen LogP contribution in [-0.2, 0) is 24.5 Å². The van der Waals surface area contributed by atoms with Crippen LogP contribution < -0.4 is 5.32 Å². The maximum atomic E-state index is 14.2. The fourth-order valence-corrected chi connectivity index (χ4v) is 5.10. The van der Waals surface area contributed by atoms with Crippen LogP contribution in [-0.4, -0.2) is 76.1 Å². The van der Waals surface area contributed by atoms with Crippen LogP contribution in [0.1, 0.15) is 65.9 Å². The van der Waals surface area contributed by atoms with Crippen LogP contribution in [0, 0.1) is 5.92 Å². The molecule has 1 aromatic carbocycles. The predicted molar refractivity (Wildman–Crippen MR) is 134 cm³/mol. The van der Waals surface area contributed by atoms with Crippen LogP contribution in [0.4, 0.5) is 4.79 Å². The van der Waals surface area contributed by atoms with Crippen LogP contribution in [0.15, 0.2) is 30.3 Å². The van der Waals surface area contributed by atoms with Crippen molar-refractivity contribution in [1.82, 2.24) is 15.1 Å². The van der Waals surface area contributed by atoms with Gasteiger partial charge in [0, 0.05) is 19.6 Å². The summed E-state index contributed by atoms with van der Waals surface area (Å²) in [4.78, 5) is 54.9. The van der Waals surface area contributed by atoms with E-state index in [-0.39, 0.29) is 11.8 Å². The smallest absolute Gasteiger partial charge is 0.410 e. The fraction of sp³-hybridized carbons (Fsp3) is 0.630. The zero-order chi connectivity index (χ0) is 26.7. The summed E-state index contributed by atoms with van der Waals surface area (Å²) in [6.07, 6.45) is 1.56. The molecule has 0 unspecified atom stereocenters. The second kappa shape index (κ2) is 10.9. The molecule has 2 aliphatic heterocycles. The first kappa shape index (κ1) is 27.5. The zero-order valence-corrected chi connectivity index (χ0v) is 22.0. The topological polar surface area (TPSA) is 116 Å². The summed E-state index contributed by atoms with van der Waals surface area (Å²) >= 11 is 0. The Balaban J connectivity index is 1.84. The molecule has 3 amide bonds. The molecule has 9 heteroatoms. The van der Waals surface area contributed by atoms with Gasteiger partial charge >= 0.3 is 12.1 Å². The van der Waals surface area contributed by atoms with Crippen molar-refractivity contribution in [2.24, 2.45) is 5.92 Å². The standard InChI is InChI=1S/C27H39N3O6/c1-18(2)21(23(32)33)28-22(31)20-12-9-15-30(20)24(34)27(19-10-7-6-8-11-19)13-16-29(17-14-27)25(35)36-26(3,4)5/h6-8,10-11,18,20-21H,9,12-17H2,1-5H3,(H,28,31)(H,32,33)/t20-,21+/m0/s1. The minimum atomic E-state index is -1.09. The molecule has 2 heterocycles. The van der Waals surface area contributed by atoms with Gasteiger partial charge in [0.1, 0.15) is 17.7 Å². The van der Waals surface area contributed by atoms with Crippen LogP contribution in [0.2, 0.25) is 0 Å². The summed E-state index contributed by atoms with van der Waals surface area (Å²) in [5.41, 5.74) is -0.635. The molecule has 0 spiro atoms. The third-order valence-corrected chi connectivity index (χ3v) is 7.05. The van der Waals surface area contributed by atoms with Gasteiger partial charge in [0.25, 0.3) is 0 Å². The lowest BCUT2D eigenvalue weighted by atomic mass is 9.71. The summed E-state index contributed by atoms with van der Waals surface area (Å²) in [6, 6.07) is 7.77. The van der Waals surface area contributed by atoms with E-state index in [1.54, 1.807) is 23.6 Å². The van der Waals surface area contributed by atoms with Gasteiger partial charge in [0.05, 0.1) is 5.41 Å². The van der Waals surface area contributed by atoms with Crippen LogP contribution >= 0.6 is 0 Å². The minimum absolute atomic E-state index is 0.147. The maximum Gasteiger partial charge on any atom is 0.410 e. The molecule has 0 bridgehead atoms. The molecule has 36 heavy (non-hydrogen) atoms. The van der Waals surface area contributed by atoms with Gasteiger partial charge in [-0.2, -0.15) is 0 Å². The molecule has 2 saturated heterocycles. The molecule has 0 radical (unpaired) electrons. The molecule has 2 aliphatic rings. The monoisotopic (exact) mass is 501 g/mol. The van der Waals surface area contributed by atoms with Crippen LogP contribution in [0.3, 0.4) is 0 Å². The number of amides is 3. The summed E-state index contributed by atoms with van der Waals surface area (Å²) in [6.45, 7) is 10.1. The van der Waals surface area contributed by atoms with Crippen molar-refractivity contribution in [3.8, 4) is 0 Å². The lowest BCUT2D eigenvalue weighted by molar-refractivity contribution is -0.147. The Labute approximate surface area is 213 Å². The first-order valence-electron chi connectivity index (χ1n) is 12.7. The highest BCUT2D eigenvalue weighted by Crippen LogP contribution is 2.39. The molecule has 2 atom stereocenters. The van der Waals surface area contributed by atoms with Crippen molar-refractivity contribution in [3.05, 3.63) is 35.9 Å². The summed E-state index contributed by atoms with van der Waals surface area (Å²) in [5.74, 6) is -1.96. The number of likely N-dealkylation sites (tertiary alicyclic amines) is 2. The number of carbonyl (C=O) groups excluding carboxylic acids is 3. The molecule has 9 nitrogen and oxygen atoms in total. The van der Waals surface area contributed by atoms with Gasteiger partial charge in [-0.05, 0) is 57.9 Å². The van der Waals surface area contributed by atoms with Gasteiger partial charge < -0.3 is 25.0 Å². The van der Waals surface area contributed by atoms with Gasteiger partial charge in [0.15, 0.2) is 0 Å². The quantitative estimate of drug-likeness (QED) is 0.619. The Kier molecular flexibility index (Phi) is 8.31. The number of piperidine rings is 1. The fourth-order valence-electron chi connectivity index (χ4n) is 5.10. The molecule has 198 valence electrons. The number of carbonyl (C=O) groups is 4. The number of carboxylic acid groups (broad SMARTS) is 1. The highest BCUT2D eigenvalue weighted by atomic mass is 16.6. The number of benzene rings is 1. The number of carboxylic acids is 1. The van der Waals surface area contributed by atoms with E-state index >= 15 is 0 Å². The summed E-state index contributed by atoms with van der Waals surface area (Å²) in [5, 5.41) is 12.1. The van der Waals surface area contributed by atoms with E-state index < -0.39 is 41.1 Å². The lowest BCUT2D eigenvalue weighted by Crippen LogP contribution is -2.58. The Bertz CT molecular complexity index is 963. The first-order valence-corrected chi connectivity index (χ1v) is 12.7. The molecular formula is C27H39N3O6. The van der Waals surface area contributed by atoms with E-state index in [1.165, 1.54) is 0 Å². The van der Waals surface area contributed by atoms with Crippen LogP contribution in [0.5, 0.6) is 0 Å². The Morgan fingerprint density at radius 2 is 1.67 bits per heavy atom. The van der Waals surface area contributed by atoms with Crippen molar-refractivity contribution < 1.29 is 29.0 Å². The second-order valence-corrected chi connectivity index (χ2v) is 11.1. The van der Waals surface area contributed by atoms with Crippen LogP contribution in [0.25, 0.3) is 0 Å². The maximum absolute atomic E-state index is 14.2. The highest BCUT2D eigenvalue weighted by molar-refractivity contribution is 5.95. The SMILES string of the molecule is CC(C)[C@@H](NC(=O)[C@@H]1CCCN1C(=O)C1(c2ccccc2)CCN(C(=O)OC(C)(C)C)CC1)C(=O)O. The molecule has 2 N–H and O–H groups in total. The average molecular weight is 502 g/mol. The van der Waals surface area contributed by atoms with Gasteiger partial charge in [0.2, 0.25) is 11.8 Å². The van der Waals surface area contributed by atoms with E-state index in [1.807, 2.05) is 51.1 Å². The van der Waals surface area contributed by atoms with Gasteiger partial charge in [-0.25, -0.2) is 9.59 Å². The molecule has 3 rings (SSSR count). The van der Waals surface area contributed by atoms with Crippen molar-refractivity contribution in [2.45, 2.75) is 83.4 Å². The molecule has 2 fully saturated rings. The second-order valence-electron chi connectivity index (χ2n) is 11.1. The van der Waals surface area contributed by atoms with E-state index in [0.717, 1.165) is 5.56 Å². The Hall–Kier alpha value is -3.10. The molecular weight excluding hydrogens is 462 g/mol. The van der Waals surface area contributed by atoms with Crippen molar-refractivity contribution in [1.29, 1.82) is 0 Å². The van der Waals surface area contributed by atoms with E-state index in [9.17, 15) is 24.3 Å². The van der Waals surface area contributed by atoms with E-state index in [4.69, 9.17) is 4.74 Å². The number of rotatable bonds is 6. The van der Waals surface area contributed by atoms with Crippen molar-refractivity contribution >= 4 is 23.9 Å². The Morgan fingerprint density at radius 3 is 2.19 bits per heavy atom. The molecule has 0 aromatic heterocycles. The highest BCUT2D eigenvalue weighted by Gasteiger charge is 2.49. The minimum Gasteiger partial charge on any atom is -0.480 e. The third kappa shape index (κ3) is 5.99. The number of nitrogens with zero attached hydrogens (tertiary/aromatic N) is 2. The predicted octanol–water partition coefficient (Wildman–Crippen LogP) is 3.17. The zero-order valence-electron chi connectivity index (χ0n) is 22.0. The number of ether oxygens (including phenoxy) is 1. The van der Waals surface area contributed by atoms with E-state index in [0.29, 0.717) is 45.3 Å². The molecule has 1 aromatic rings. The average Bonchev–Trinajstić information content (AvgIpc) is 3.31. The molecule has 0 saturated carbocycles. The third-order valence-electron chi connectivity index (χ3n) is 7.05. The van der Waals surface area contributed by atoms with Crippen molar-refractivity contribution in [2.75, 3.05) is 19.6 Å². The Morgan fingerprint density at radius 1 is 1.06 bits per heavy atom. The van der Waals surface area contributed by atoms with Crippen molar-refractivity contribution in [3.63, 3.8) is 0 Å². The van der Waals surface area contributed by atoms with E-state index in [2.05, 4.69) is 5.32 Å². The first-order chi connectivity index (χ1) is 16.9. The summed E-state index contributed by atoms with van der Waals surface area (Å²) in [7, 11) is 0. The largest absolute Gasteiger partial charge is 0.480 e. The number of hydrogen-bond donors (Lipinski definition) is 2. The summed E-state index contributed by atoms with van der Waals surface area (Å²) < 4.78 is 5.53. The number of hydrogen-bond acceptors (Lipinski definition) is 5. The molecule has 0 aliphatic carbocycles. The van der Waals surface area contributed by atoms with Gasteiger partial charge in [-0.15, -0.1) is 0 Å². The van der Waals surface area contributed by atoms with Gasteiger partial charge in [-0.3, -0.25) is 9.59 Å². The number of nitrogens with one attached hydrogen (secondary N) is 1.